The van der Waals surface area contributed by atoms with Crippen LogP contribution in [0.25, 0.3) is 0 Å². The van der Waals surface area contributed by atoms with Gasteiger partial charge in [0.2, 0.25) is 0 Å². The lowest BCUT2D eigenvalue weighted by molar-refractivity contribution is 0.0931. The van der Waals surface area contributed by atoms with Crippen molar-refractivity contribution >= 4 is 23.4 Å². The number of nitrogens with zero attached hydrogens (tertiary/aromatic N) is 3. The van der Waals surface area contributed by atoms with Crippen molar-refractivity contribution in [3.63, 3.8) is 0 Å². The maximum atomic E-state index is 13.4. The minimum Gasteiger partial charge on any atom is -0.347 e. The molecule has 1 heterocycles. The van der Waals surface area contributed by atoms with E-state index in [2.05, 4.69) is 26.7 Å². The van der Waals surface area contributed by atoms with Crippen LogP contribution in [0.2, 0.25) is 5.02 Å². The summed E-state index contributed by atoms with van der Waals surface area (Å²) in [4.78, 5) is 33.2. The van der Waals surface area contributed by atoms with E-state index in [1.54, 1.807) is 31.2 Å². The van der Waals surface area contributed by atoms with Gasteiger partial charge in [0.05, 0.1) is 16.6 Å². The van der Waals surface area contributed by atoms with Crippen LogP contribution in [0.1, 0.15) is 61.3 Å². The normalized spacial score (nSPS) is 14.3. The molecule has 1 atom stereocenters. The summed E-state index contributed by atoms with van der Waals surface area (Å²) in [6.45, 7) is 1.84. The summed E-state index contributed by atoms with van der Waals surface area (Å²) >= 11 is 6.30. The van der Waals surface area contributed by atoms with Crippen LogP contribution < -0.4 is 10.6 Å². The van der Waals surface area contributed by atoms with Gasteiger partial charge < -0.3 is 10.6 Å². The van der Waals surface area contributed by atoms with E-state index >= 15 is 0 Å². The summed E-state index contributed by atoms with van der Waals surface area (Å²) in [6.07, 6.45) is 2.45. The first-order valence-electron chi connectivity index (χ1n) is 10.2. The number of nitriles is 1. The molecule has 7 nitrogen and oxygen atoms in total. The Kier molecular flexibility index (Phi) is 6.33. The summed E-state index contributed by atoms with van der Waals surface area (Å²) in [7, 11) is 0. The third-order valence-electron chi connectivity index (χ3n) is 5.57. The molecule has 1 aromatic heterocycles. The molecule has 0 bridgehead atoms. The first kappa shape index (κ1) is 22.4. The van der Waals surface area contributed by atoms with Gasteiger partial charge in [-0.05, 0) is 54.2 Å². The molecule has 4 rings (SSSR count). The Bertz CT molecular complexity index is 1300. The zero-order valence-corrected chi connectivity index (χ0v) is 18.4. The smallest absolute Gasteiger partial charge is 0.270 e. The molecule has 2 aromatic carbocycles. The zero-order chi connectivity index (χ0) is 23.5. The molecule has 0 spiro atoms. The lowest BCUT2D eigenvalue weighted by atomic mass is 10.0. The molecule has 1 aliphatic carbocycles. The lowest BCUT2D eigenvalue weighted by Gasteiger charge is -2.14. The van der Waals surface area contributed by atoms with E-state index < -0.39 is 11.8 Å². The molecule has 2 N–H and O–H groups in total. The fourth-order valence-electron chi connectivity index (χ4n) is 3.82. The SMILES string of the molecule is Cc1cc(CNC(=O)c2cc(C(=O)NC3CCc4c3ccc(C#N)c4Cl)ncn2)ccc1F. The fraction of sp³-hybridized carbons (Fsp3) is 0.208. The number of benzene rings is 2. The molecule has 0 fully saturated rings. The van der Waals surface area contributed by atoms with Crippen LogP contribution in [-0.2, 0) is 13.0 Å². The Morgan fingerprint density at radius 3 is 2.67 bits per heavy atom. The van der Waals surface area contributed by atoms with Crippen LogP contribution in [0.4, 0.5) is 4.39 Å². The van der Waals surface area contributed by atoms with E-state index in [4.69, 9.17) is 16.9 Å². The van der Waals surface area contributed by atoms with Gasteiger partial charge in [0, 0.05) is 12.6 Å². The highest BCUT2D eigenvalue weighted by atomic mass is 35.5. The number of nitrogens with one attached hydrogen (secondary N) is 2. The van der Waals surface area contributed by atoms with Gasteiger partial charge in [-0.2, -0.15) is 5.26 Å². The van der Waals surface area contributed by atoms with E-state index in [0.717, 1.165) is 23.0 Å². The average Bonchev–Trinajstić information content (AvgIpc) is 3.23. The minimum atomic E-state index is -0.476. The van der Waals surface area contributed by atoms with E-state index in [-0.39, 0.29) is 29.8 Å². The predicted molar refractivity (Wildman–Crippen MR) is 119 cm³/mol. The number of carbonyl (C=O) groups is 2. The Balaban J connectivity index is 1.43. The van der Waals surface area contributed by atoms with Crippen molar-refractivity contribution in [1.29, 1.82) is 5.26 Å². The predicted octanol–water partition coefficient (Wildman–Crippen LogP) is 3.80. The maximum absolute atomic E-state index is 13.4. The Morgan fingerprint density at radius 1 is 1.18 bits per heavy atom. The van der Waals surface area contributed by atoms with Crippen LogP contribution in [0, 0.1) is 24.1 Å². The lowest BCUT2D eigenvalue weighted by Crippen LogP contribution is -2.29. The van der Waals surface area contributed by atoms with Gasteiger partial charge in [-0.1, -0.05) is 29.8 Å². The molecular formula is C24H19ClFN5O2. The summed E-state index contributed by atoms with van der Waals surface area (Å²) in [5, 5.41) is 15.2. The van der Waals surface area contributed by atoms with Gasteiger partial charge in [0.25, 0.3) is 11.8 Å². The van der Waals surface area contributed by atoms with Gasteiger partial charge in [-0.3, -0.25) is 9.59 Å². The van der Waals surface area contributed by atoms with E-state index in [0.29, 0.717) is 29.0 Å². The van der Waals surface area contributed by atoms with E-state index in [1.807, 2.05) is 0 Å². The number of halogens is 2. The molecule has 0 radical (unpaired) electrons. The van der Waals surface area contributed by atoms with E-state index in [9.17, 15) is 14.0 Å². The highest BCUT2D eigenvalue weighted by Gasteiger charge is 2.27. The van der Waals surface area contributed by atoms with E-state index in [1.165, 1.54) is 12.1 Å². The van der Waals surface area contributed by atoms with Gasteiger partial charge in [0.15, 0.2) is 0 Å². The largest absolute Gasteiger partial charge is 0.347 e. The van der Waals surface area contributed by atoms with Crippen molar-refractivity contribution in [2.45, 2.75) is 32.4 Å². The van der Waals surface area contributed by atoms with Gasteiger partial charge in [-0.25, -0.2) is 14.4 Å². The number of aryl methyl sites for hydroxylation is 1. The highest BCUT2D eigenvalue weighted by Crippen LogP contribution is 2.37. The maximum Gasteiger partial charge on any atom is 0.270 e. The number of hydrogen-bond donors (Lipinski definition) is 2. The Hall–Kier alpha value is -3.83. The van der Waals surface area contributed by atoms with Crippen molar-refractivity contribution in [3.05, 3.63) is 92.8 Å². The number of aromatic nitrogens is 2. The summed E-state index contributed by atoms with van der Waals surface area (Å²) < 4.78 is 13.4. The van der Waals surface area contributed by atoms with Crippen LogP contribution in [0.3, 0.4) is 0 Å². The van der Waals surface area contributed by atoms with Gasteiger partial charge >= 0.3 is 0 Å². The van der Waals surface area contributed by atoms with Gasteiger partial charge in [-0.15, -0.1) is 0 Å². The molecule has 166 valence electrons. The molecule has 1 aliphatic rings. The summed E-state index contributed by atoms with van der Waals surface area (Å²) in [5.74, 6) is -1.23. The van der Waals surface area contributed by atoms with Crippen molar-refractivity contribution < 1.29 is 14.0 Å². The number of carbonyl (C=O) groups excluding carboxylic acids is 2. The molecule has 0 saturated heterocycles. The monoisotopic (exact) mass is 463 g/mol. The molecule has 0 aliphatic heterocycles. The van der Waals surface area contributed by atoms with Crippen molar-refractivity contribution in [2.24, 2.45) is 0 Å². The molecule has 3 aromatic rings. The molecule has 33 heavy (non-hydrogen) atoms. The molecular weight excluding hydrogens is 445 g/mol. The van der Waals surface area contributed by atoms with Gasteiger partial charge in [0.1, 0.15) is 29.6 Å². The summed E-state index contributed by atoms with van der Waals surface area (Å²) in [5.41, 5.74) is 3.47. The second kappa shape index (κ2) is 9.35. The summed E-state index contributed by atoms with van der Waals surface area (Å²) in [6, 6.07) is 11.1. The first-order chi connectivity index (χ1) is 15.9. The third-order valence-corrected chi connectivity index (χ3v) is 6.00. The average molecular weight is 464 g/mol. The van der Waals surface area contributed by atoms with Crippen LogP contribution in [0.15, 0.2) is 42.7 Å². The topological polar surface area (TPSA) is 108 Å². The molecule has 1 unspecified atom stereocenters. The second-order valence-corrected chi connectivity index (χ2v) is 8.10. The number of amides is 2. The third kappa shape index (κ3) is 4.69. The standard InChI is InChI=1S/C24H19ClFN5O2/c1-13-8-14(2-6-18(13)26)11-28-23(32)20-9-21(30-12-29-20)24(33)31-19-7-5-17-16(19)4-3-15(10-27)22(17)25/h2-4,6,8-9,12,19H,5,7,11H2,1H3,(H,28,32)(H,31,33). The number of hydrogen-bond acceptors (Lipinski definition) is 5. The molecule has 9 heteroatoms. The highest BCUT2D eigenvalue weighted by molar-refractivity contribution is 6.32. The Labute approximate surface area is 194 Å². The van der Waals surface area contributed by atoms with Crippen molar-refractivity contribution in [1.82, 2.24) is 20.6 Å². The zero-order valence-electron chi connectivity index (χ0n) is 17.7. The molecule has 2 amide bonds. The number of rotatable bonds is 5. The van der Waals surface area contributed by atoms with Crippen molar-refractivity contribution in [3.8, 4) is 6.07 Å². The minimum absolute atomic E-state index is 0.0440. The second-order valence-electron chi connectivity index (χ2n) is 7.73. The Morgan fingerprint density at radius 2 is 1.94 bits per heavy atom. The van der Waals surface area contributed by atoms with Crippen LogP contribution >= 0.6 is 11.6 Å². The quantitative estimate of drug-likeness (QED) is 0.598. The van der Waals surface area contributed by atoms with Crippen LogP contribution in [-0.4, -0.2) is 21.8 Å². The fourth-order valence-corrected chi connectivity index (χ4v) is 4.13. The number of fused-ring (bicyclic) bond motifs is 1. The van der Waals surface area contributed by atoms with Crippen LogP contribution in [0.5, 0.6) is 0 Å². The molecule has 0 saturated carbocycles. The van der Waals surface area contributed by atoms with Crippen molar-refractivity contribution in [2.75, 3.05) is 0 Å². The first-order valence-corrected chi connectivity index (χ1v) is 10.6.